The van der Waals surface area contributed by atoms with Crippen molar-refractivity contribution in [3.63, 3.8) is 0 Å². The highest BCUT2D eigenvalue weighted by Gasteiger charge is 2.22. The standard InChI is InChI=1S/C12H15NO3/c1-12(2,3)11(16)13-9-5-4-6-10(15)8(9)7-14/h4-7,15H,1-3H3,(H,13,16). The summed E-state index contributed by atoms with van der Waals surface area (Å²) in [6.45, 7) is 5.31. The van der Waals surface area contributed by atoms with Crippen molar-refractivity contribution in [2.75, 3.05) is 5.32 Å². The first-order chi connectivity index (χ1) is 7.36. The van der Waals surface area contributed by atoms with Crippen LogP contribution in [0.1, 0.15) is 31.1 Å². The molecule has 0 aliphatic heterocycles. The molecule has 0 bridgehead atoms. The van der Waals surface area contributed by atoms with Crippen LogP contribution < -0.4 is 5.32 Å². The largest absolute Gasteiger partial charge is 0.507 e. The number of hydrogen-bond acceptors (Lipinski definition) is 3. The first kappa shape index (κ1) is 12.2. The molecule has 86 valence electrons. The molecule has 4 nitrogen and oxygen atoms in total. The highest BCUT2D eigenvalue weighted by atomic mass is 16.3. The van der Waals surface area contributed by atoms with Crippen molar-refractivity contribution >= 4 is 17.9 Å². The maximum atomic E-state index is 11.7. The van der Waals surface area contributed by atoms with Crippen LogP contribution >= 0.6 is 0 Å². The molecule has 0 saturated heterocycles. The van der Waals surface area contributed by atoms with Crippen molar-refractivity contribution in [3.05, 3.63) is 23.8 Å². The van der Waals surface area contributed by atoms with Gasteiger partial charge in [0.1, 0.15) is 5.75 Å². The molecule has 0 unspecified atom stereocenters. The van der Waals surface area contributed by atoms with Crippen LogP contribution in [0.4, 0.5) is 5.69 Å². The van der Waals surface area contributed by atoms with Crippen LogP contribution in [-0.4, -0.2) is 17.3 Å². The fourth-order valence-corrected chi connectivity index (χ4v) is 1.10. The van der Waals surface area contributed by atoms with E-state index < -0.39 is 5.41 Å². The number of hydrogen-bond donors (Lipinski definition) is 2. The maximum Gasteiger partial charge on any atom is 0.229 e. The predicted octanol–water partition coefficient (Wildman–Crippen LogP) is 2.19. The van der Waals surface area contributed by atoms with Gasteiger partial charge in [-0.1, -0.05) is 26.8 Å². The first-order valence-electron chi connectivity index (χ1n) is 4.95. The smallest absolute Gasteiger partial charge is 0.229 e. The van der Waals surface area contributed by atoms with Crippen LogP contribution in [-0.2, 0) is 4.79 Å². The Morgan fingerprint density at radius 2 is 2.00 bits per heavy atom. The number of carbonyl (C=O) groups is 2. The zero-order valence-electron chi connectivity index (χ0n) is 9.57. The van der Waals surface area contributed by atoms with Gasteiger partial charge in [-0.25, -0.2) is 0 Å². The summed E-state index contributed by atoms with van der Waals surface area (Å²) in [4.78, 5) is 22.5. The molecule has 0 spiro atoms. The minimum Gasteiger partial charge on any atom is -0.507 e. The molecular weight excluding hydrogens is 206 g/mol. The summed E-state index contributed by atoms with van der Waals surface area (Å²) in [6, 6.07) is 4.55. The molecule has 0 fully saturated rings. The maximum absolute atomic E-state index is 11.7. The number of amides is 1. The lowest BCUT2D eigenvalue weighted by molar-refractivity contribution is -0.123. The number of nitrogens with one attached hydrogen (secondary N) is 1. The van der Waals surface area contributed by atoms with E-state index in [1.54, 1.807) is 32.9 Å². The summed E-state index contributed by atoms with van der Waals surface area (Å²) < 4.78 is 0. The summed E-state index contributed by atoms with van der Waals surface area (Å²) in [5.74, 6) is -0.345. The highest BCUT2D eigenvalue weighted by molar-refractivity contribution is 5.99. The number of aldehydes is 1. The van der Waals surface area contributed by atoms with Gasteiger partial charge in [0.15, 0.2) is 6.29 Å². The molecule has 1 rings (SSSR count). The number of rotatable bonds is 2. The average molecular weight is 221 g/mol. The fourth-order valence-electron chi connectivity index (χ4n) is 1.10. The number of phenolic OH excluding ortho intramolecular Hbond substituents is 1. The zero-order chi connectivity index (χ0) is 12.3. The summed E-state index contributed by atoms with van der Waals surface area (Å²) in [5, 5.41) is 12.0. The van der Waals surface area contributed by atoms with Gasteiger partial charge in [-0.3, -0.25) is 9.59 Å². The van der Waals surface area contributed by atoms with Gasteiger partial charge >= 0.3 is 0 Å². The molecule has 2 N–H and O–H groups in total. The summed E-state index contributed by atoms with van der Waals surface area (Å²) in [7, 11) is 0. The van der Waals surface area contributed by atoms with E-state index in [-0.39, 0.29) is 17.2 Å². The van der Waals surface area contributed by atoms with Crippen molar-refractivity contribution in [1.29, 1.82) is 0 Å². The van der Waals surface area contributed by atoms with Crippen LogP contribution in [0, 0.1) is 5.41 Å². The lowest BCUT2D eigenvalue weighted by Crippen LogP contribution is -2.28. The number of benzene rings is 1. The minimum absolute atomic E-state index is 0.0973. The quantitative estimate of drug-likeness (QED) is 0.752. The van der Waals surface area contributed by atoms with Crippen molar-refractivity contribution in [3.8, 4) is 5.75 Å². The molecule has 0 aromatic heterocycles. The molecule has 4 heteroatoms. The molecule has 1 aromatic rings. The predicted molar refractivity (Wildman–Crippen MR) is 61.6 cm³/mol. The molecule has 0 saturated carbocycles. The molecular formula is C12H15NO3. The van der Waals surface area contributed by atoms with E-state index in [1.165, 1.54) is 6.07 Å². The normalized spacial score (nSPS) is 10.9. The SMILES string of the molecule is CC(C)(C)C(=O)Nc1cccc(O)c1C=O. The monoisotopic (exact) mass is 221 g/mol. The topological polar surface area (TPSA) is 66.4 Å². The Bertz CT molecular complexity index is 419. The van der Waals surface area contributed by atoms with Crippen LogP contribution in [0.15, 0.2) is 18.2 Å². The Kier molecular flexibility index (Phi) is 3.32. The number of phenols is 1. The lowest BCUT2D eigenvalue weighted by Gasteiger charge is -2.18. The van der Waals surface area contributed by atoms with Gasteiger partial charge in [0.2, 0.25) is 5.91 Å². The van der Waals surface area contributed by atoms with Crippen LogP contribution in [0.3, 0.4) is 0 Å². The first-order valence-corrected chi connectivity index (χ1v) is 4.95. The van der Waals surface area contributed by atoms with Crippen LogP contribution in [0.25, 0.3) is 0 Å². The third kappa shape index (κ3) is 2.59. The molecule has 1 aromatic carbocycles. The Morgan fingerprint density at radius 1 is 1.38 bits per heavy atom. The second kappa shape index (κ2) is 4.35. The van der Waals surface area contributed by atoms with E-state index >= 15 is 0 Å². The molecule has 0 aliphatic carbocycles. The fraction of sp³-hybridized carbons (Fsp3) is 0.333. The van der Waals surface area contributed by atoms with Gasteiger partial charge in [-0.05, 0) is 12.1 Å². The number of aromatic hydroxyl groups is 1. The van der Waals surface area contributed by atoms with Crippen LogP contribution in [0.5, 0.6) is 5.75 Å². The van der Waals surface area contributed by atoms with E-state index in [9.17, 15) is 14.7 Å². The van der Waals surface area contributed by atoms with Gasteiger partial charge in [0.25, 0.3) is 0 Å². The molecule has 16 heavy (non-hydrogen) atoms. The van der Waals surface area contributed by atoms with Crippen molar-refractivity contribution in [1.82, 2.24) is 0 Å². The summed E-state index contributed by atoms with van der Waals surface area (Å²) in [5.41, 5.74) is -0.124. The van der Waals surface area contributed by atoms with E-state index in [4.69, 9.17) is 0 Å². The van der Waals surface area contributed by atoms with Crippen molar-refractivity contribution in [2.24, 2.45) is 5.41 Å². The average Bonchev–Trinajstić information content (AvgIpc) is 2.16. The Labute approximate surface area is 94.3 Å². The molecule has 1 amide bonds. The van der Waals surface area contributed by atoms with Crippen molar-refractivity contribution < 1.29 is 14.7 Å². The molecule has 0 atom stereocenters. The second-order valence-electron chi connectivity index (χ2n) is 4.56. The second-order valence-corrected chi connectivity index (χ2v) is 4.56. The third-order valence-electron chi connectivity index (χ3n) is 2.13. The van der Waals surface area contributed by atoms with Gasteiger partial charge in [0, 0.05) is 5.41 Å². The van der Waals surface area contributed by atoms with Gasteiger partial charge < -0.3 is 10.4 Å². The van der Waals surface area contributed by atoms with E-state index in [2.05, 4.69) is 5.32 Å². The van der Waals surface area contributed by atoms with E-state index in [1.807, 2.05) is 0 Å². The highest BCUT2D eigenvalue weighted by Crippen LogP contribution is 2.25. The molecule has 0 aliphatic rings. The van der Waals surface area contributed by atoms with Crippen LogP contribution in [0.2, 0.25) is 0 Å². The minimum atomic E-state index is -0.550. The molecule has 0 heterocycles. The summed E-state index contributed by atoms with van der Waals surface area (Å²) in [6.07, 6.45) is 0.521. The number of anilines is 1. The van der Waals surface area contributed by atoms with Gasteiger partial charge in [-0.2, -0.15) is 0 Å². The molecule has 0 radical (unpaired) electrons. The Hall–Kier alpha value is -1.84. The lowest BCUT2D eigenvalue weighted by atomic mass is 9.95. The summed E-state index contributed by atoms with van der Waals surface area (Å²) >= 11 is 0. The van der Waals surface area contributed by atoms with Gasteiger partial charge in [0.05, 0.1) is 11.3 Å². The zero-order valence-corrected chi connectivity index (χ0v) is 9.57. The Morgan fingerprint density at radius 3 is 2.50 bits per heavy atom. The third-order valence-corrected chi connectivity index (χ3v) is 2.13. The Balaban J connectivity index is 3.03. The van der Waals surface area contributed by atoms with Crippen molar-refractivity contribution in [2.45, 2.75) is 20.8 Å². The number of carbonyl (C=O) groups excluding carboxylic acids is 2. The van der Waals surface area contributed by atoms with E-state index in [0.29, 0.717) is 12.0 Å². The van der Waals surface area contributed by atoms with Gasteiger partial charge in [-0.15, -0.1) is 0 Å². The van der Waals surface area contributed by atoms with E-state index in [0.717, 1.165) is 0 Å².